The average Bonchev–Trinajstić information content (AvgIpc) is 2.85. The molecule has 0 saturated heterocycles. The van der Waals surface area contributed by atoms with Crippen LogP contribution in [0.15, 0.2) is 4.42 Å². The van der Waals surface area contributed by atoms with E-state index in [0.29, 0.717) is 11.9 Å². The van der Waals surface area contributed by atoms with Crippen molar-refractivity contribution in [1.82, 2.24) is 15.2 Å². The first-order valence-corrected chi connectivity index (χ1v) is 6.90. The summed E-state index contributed by atoms with van der Waals surface area (Å²) < 4.78 is 5.40. The van der Waals surface area contributed by atoms with Crippen LogP contribution < -0.4 is 5.32 Å². The summed E-state index contributed by atoms with van der Waals surface area (Å²) in [7, 11) is 0. The Kier molecular flexibility index (Phi) is 3.87. The van der Waals surface area contributed by atoms with Gasteiger partial charge >= 0.3 is 6.01 Å². The van der Waals surface area contributed by atoms with Gasteiger partial charge < -0.3 is 9.73 Å². The molecular formula is C11H15ClN4OS. The second-order valence-electron chi connectivity index (χ2n) is 4.11. The van der Waals surface area contributed by atoms with E-state index >= 15 is 0 Å². The first kappa shape index (κ1) is 13.3. The van der Waals surface area contributed by atoms with Gasteiger partial charge in [0.05, 0.1) is 16.7 Å². The summed E-state index contributed by atoms with van der Waals surface area (Å²) in [6.45, 7) is 7.82. The second kappa shape index (κ2) is 5.24. The molecule has 18 heavy (non-hydrogen) atoms. The highest BCUT2D eigenvalue weighted by atomic mass is 35.5. The Morgan fingerprint density at radius 1 is 1.28 bits per heavy atom. The van der Waals surface area contributed by atoms with E-state index in [2.05, 4.69) is 20.5 Å². The van der Waals surface area contributed by atoms with Crippen LogP contribution in [0, 0.1) is 13.8 Å². The van der Waals surface area contributed by atoms with Gasteiger partial charge in [0.25, 0.3) is 0 Å². The molecule has 0 amide bonds. The lowest BCUT2D eigenvalue weighted by molar-refractivity contribution is 0.502. The predicted octanol–water partition coefficient (Wildman–Crippen LogP) is 3.62. The minimum Gasteiger partial charge on any atom is -0.406 e. The van der Waals surface area contributed by atoms with Gasteiger partial charge in [-0.2, -0.15) is 0 Å². The SMILES string of the molecule is Cc1nc(C)c(C(C)Nc2nnc(C(C)Cl)o2)s1. The number of halogens is 1. The van der Waals surface area contributed by atoms with E-state index in [4.69, 9.17) is 16.0 Å². The van der Waals surface area contributed by atoms with Gasteiger partial charge in [0.15, 0.2) is 0 Å². The molecule has 0 aliphatic rings. The predicted molar refractivity (Wildman–Crippen MR) is 72.2 cm³/mol. The number of aryl methyl sites for hydroxylation is 2. The summed E-state index contributed by atoms with van der Waals surface area (Å²) in [5.41, 5.74) is 1.03. The third kappa shape index (κ3) is 2.81. The third-order valence-corrected chi connectivity index (χ3v) is 3.90. The standard InChI is InChI=1S/C11H15ClN4OS/c1-5(12)10-15-16-11(17-10)14-7(3)9-6(2)13-8(4)18-9/h5,7H,1-4H3,(H,14,16). The van der Waals surface area contributed by atoms with Crippen molar-refractivity contribution in [1.29, 1.82) is 0 Å². The summed E-state index contributed by atoms with van der Waals surface area (Å²) in [6, 6.07) is 0.464. The van der Waals surface area contributed by atoms with Gasteiger partial charge in [-0.3, -0.25) is 0 Å². The van der Waals surface area contributed by atoms with Crippen molar-refractivity contribution >= 4 is 29.0 Å². The molecule has 2 aromatic rings. The fourth-order valence-electron chi connectivity index (χ4n) is 1.65. The lowest BCUT2D eigenvalue weighted by atomic mass is 10.2. The number of nitrogens with zero attached hydrogens (tertiary/aromatic N) is 3. The Morgan fingerprint density at radius 2 is 2.00 bits per heavy atom. The summed E-state index contributed by atoms with van der Waals surface area (Å²) in [4.78, 5) is 5.57. The van der Waals surface area contributed by atoms with Crippen LogP contribution in [0.4, 0.5) is 6.01 Å². The van der Waals surface area contributed by atoms with Crippen LogP contribution in [0.3, 0.4) is 0 Å². The second-order valence-corrected chi connectivity index (χ2v) is 6.00. The highest BCUT2D eigenvalue weighted by molar-refractivity contribution is 7.11. The highest BCUT2D eigenvalue weighted by Crippen LogP contribution is 2.28. The minimum absolute atomic E-state index is 0.0788. The molecule has 0 aliphatic carbocycles. The van der Waals surface area contributed by atoms with Gasteiger partial charge in [-0.25, -0.2) is 4.98 Å². The zero-order valence-corrected chi connectivity index (χ0v) is 12.3. The Balaban J connectivity index is 2.11. The van der Waals surface area contributed by atoms with Gasteiger partial charge in [-0.15, -0.1) is 28.0 Å². The maximum atomic E-state index is 5.87. The molecule has 98 valence electrons. The first-order valence-electron chi connectivity index (χ1n) is 5.65. The van der Waals surface area contributed by atoms with Crippen molar-refractivity contribution in [3.05, 3.63) is 21.5 Å². The number of thiazole rings is 1. The van der Waals surface area contributed by atoms with Crippen molar-refractivity contribution in [2.24, 2.45) is 0 Å². The summed E-state index contributed by atoms with van der Waals surface area (Å²) >= 11 is 7.53. The van der Waals surface area contributed by atoms with Gasteiger partial charge in [0, 0.05) is 4.88 Å². The van der Waals surface area contributed by atoms with Gasteiger partial charge in [-0.05, 0) is 27.7 Å². The van der Waals surface area contributed by atoms with Gasteiger partial charge in [-0.1, -0.05) is 5.10 Å². The molecule has 2 unspecified atom stereocenters. The van der Waals surface area contributed by atoms with Crippen LogP contribution in [0.1, 0.15) is 46.7 Å². The van der Waals surface area contributed by atoms with Crippen LogP contribution in [0.25, 0.3) is 0 Å². The Hall–Kier alpha value is -1.14. The van der Waals surface area contributed by atoms with E-state index in [9.17, 15) is 0 Å². The number of anilines is 1. The van der Waals surface area contributed by atoms with Crippen LogP contribution >= 0.6 is 22.9 Å². The molecule has 0 aliphatic heterocycles. The molecule has 1 N–H and O–H groups in total. The Bertz CT molecular complexity index is 537. The van der Waals surface area contributed by atoms with E-state index < -0.39 is 0 Å². The average molecular weight is 287 g/mol. The number of alkyl halides is 1. The summed E-state index contributed by atoms with van der Waals surface area (Å²) in [5.74, 6) is 0.420. The van der Waals surface area contributed by atoms with Crippen LogP contribution in [-0.4, -0.2) is 15.2 Å². The molecule has 0 saturated carbocycles. The highest BCUT2D eigenvalue weighted by Gasteiger charge is 2.16. The van der Waals surface area contributed by atoms with Crippen molar-refractivity contribution in [3.8, 4) is 0 Å². The van der Waals surface area contributed by atoms with E-state index in [1.807, 2.05) is 20.8 Å². The van der Waals surface area contributed by atoms with Gasteiger partial charge in [0.1, 0.15) is 5.38 Å². The quantitative estimate of drug-likeness (QED) is 0.870. The molecule has 2 aromatic heterocycles. The zero-order chi connectivity index (χ0) is 13.3. The van der Waals surface area contributed by atoms with Crippen molar-refractivity contribution in [2.75, 3.05) is 5.32 Å². The lowest BCUT2D eigenvalue weighted by Crippen LogP contribution is -2.06. The van der Waals surface area contributed by atoms with E-state index in [1.54, 1.807) is 18.3 Å². The number of hydrogen-bond acceptors (Lipinski definition) is 6. The van der Waals surface area contributed by atoms with Crippen molar-refractivity contribution in [3.63, 3.8) is 0 Å². The normalized spacial score (nSPS) is 14.5. The summed E-state index contributed by atoms with van der Waals surface area (Å²) in [5, 5.41) is 11.7. The topological polar surface area (TPSA) is 63.8 Å². The molecule has 7 heteroatoms. The minimum atomic E-state index is -0.282. The van der Waals surface area contributed by atoms with Crippen LogP contribution in [0.5, 0.6) is 0 Å². The number of hydrogen-bond donors (Lipinski definition) is 1. The fourth-order valence-corrected chi connectivity index (χ4v) is 2.67. The van der Waals surface area contributed by atoms with Crippen LogP contribution in [0.2, 0.25) is 0 Å². The molecule has 5 nitrogen and oxygen atoms in total. The van der Waals surface area contributed by atoms with E-state index in [-0.39, 0.29) is 11.4 Å². The maximum Gasteiger partial charge on any atom is 0.316 e. The number of rotatable bonds is 4. The maximum absolute atomic E-state index is 5.87. The molecule has 0 radical (unpaired) electrons. The zero-order valence-electron chi connectivity index (χ0n) is 10.7. The monoisotopic (exact) mass is 286 g/mol. The lowest BCUT2D eigenvalue weighted by Gasteiger charge is -2.09. The molecule has 0 spiro atoms. The number of nitrogens with one attached hydrogen (secondary N) is 1. The van der Waals surface area contributed by atoms with Crippen molar-refractivity contribution < 1.29 is 4.42 Å². The number of aromatic nitrogens is 3. The molecule has 0 bridgehead atoms. The van der Waals surface area contributed by atoms with E-state index in [0.717, 1.165) is 10.7 Å². The third-order valence-electron chi connectivity index (χ3n) is 2.45. The Morgan fingerprint density at radius 3 is 2.50 bits per heavy atom. The molecule has 0 aromatic carbocycles. The summed E-state index contributed by atoms with van der Waals surface area (Å²) in [6.07, 6.45) is 0. The molecule has 2 heterocycles. The molecule has 2 rings (SSSR count). The van der Waals surface area contributed by atoms with Crippen LogP contribution in [-0.2, 0) is 0 Å². The Labute approximate surface area is 115 Å². The molecule has 0 fully saturated rings. The van der Waals surface area contributed by atoms with Gasteiger partial charge in [0.2, 0.25) is 5.89 Å². The molecular weight excluding hydrogens is 272 g/mol. The first-order chi connectivity index (χ1) is 8.47. The molecule has 2 atom stereocenters. The van der Waals surface area contributed by atoms with Crippen molar-refractivity contribution in [2.45, 2.75) is 39.1 Å². The smallest absolute Gasteiger partial charge is 0.316 e. The van der Waals surface area contributed by atoms with E-state index in [1.165, 1.54) is 4.88 Å². The fraction of sp³-hybridized carbons (Fsp3) is 0.545. The largest absolute Gasteiger partial charge is 0.406 e.